The molecule has 0 fully saturated rings. The van der Waals surface area contributed by atoms with Gasteiger partial charge in [-0.25, -0.2) is 12.7 Å². The third kappa shape index (κ3) is 4.65. The highest BCUT2D eigenvalue weighted by Crippen LogP contribution is 2.21. The number of aliphatic hydroxyl groups excluding tert-OH is 1. The summed E-state index contributed by atoms with van der Waals surface area (Å²) in [5.74, 6) is 3.20. The minimum absolute atomic E-state index is 0.124. The topological polar surface area (TPSA) is 66.8 Å². The molecule has 0 aliphatic carbocycles. The monoisotopic (exact) mass is 325 g/mol. The van der Waals surface area contributed by atoms with Crippen LogP contribution in [0.1, 0.15) is 33.6 Å². The van der Waals surface area contributed by atoms with Crippen molar-refractivity contribution in [2.75, 3.05) is 13.2 Å². The Morgan fingerprint density at radius 1 is 1.32 bits per heavy atom. The van der Waals surface area contributed by atoms with Gasteiger partial charge in [-0.15, -0.1) is 0 Å². The molecule has 1 N–H and O–H groups in total. The van der Waals surface area contributed by atoms with Crippen molar-refractivity contribution in [3.05, 3.63) is 24.3 Å². The Bertz CT molecular complexity index is 614. The lowest BCUT2D eigenvalue weighted by atomic mass is 10.3. The molecule has 0 unspecified atom stereocenters. The maximum atomic E-state index is 12.6. The van der Waals surface area contributed by atoms with Crippen molar-refractivity contribution in [3.63, 3.8) is 0 Å². The number of nitrogens with zero attached hydrogens (tertiary/aromatic N) is 1. The van der Waals surface area contributed by atoms with Crippen LogP contribution in [0.15, 0.2) is 29.2 Å². The predicted octanol–water partition coefficient (Wildman–Crippen LogP) is 2.22. The van der Waals surface area contributed by atoms with Crippen LogP contribution in [0.2, 0.25) is 0 Å². The highest BCUT2D eigenvalue weighted by Gasteiger charge is 2.26. The van der Waals surface area contributed by atoms with E-state index in [9.17, 15) is 13.5 Å². The molecule has 0 aliphatic heterocycles. The maximum Gasteiger partial charge on any atom is 0.271 e. The molecule has 0 bridgehead atoms. The quantitative estimate of drug-likeness (QED) is 0.452. The Balaban J connectivity index is 2.98. The third-order valence-electron chi connectivity index (χ3n) is 3.03. The van der Waals surface area contributed by atoms with Gasteiger partial charge in [-0.05, 0) is 44.5 Å². The summed E-state index contributed by atoms with van der Waals surface area (Å²) in [7, 11) is -3.77. The normalized spacial score (nSPS) is 12.2. The first-order valence-corrected chi connectivity index (χ1v) is 8.72. The van der Waals surface area contributed by atoms with Gasteiger partial charge >= 0.3 is 0 Å². The molecule has 6 heteroatoms. The van der Waals surface area contributed by atoms with Crippen LogP contribution in [0.25, 0.3) is 0 Å². The Kier molecular flexibility index (Phi) is 7.22. The lowest BCUT2D eigenvalue weighted by Gasteiger charge is -2.23. The third-order valence-corrected chi connectivity index (χ3v) is 4.87. The van der Waals surface area contributed by atoms with Gasteiger partial charge in [-0.1, -0.05) is 19.3 Å². The minimum Gasteiger partial charge on any atom is -0.494 e. The summed E-state index contributed by atoms with van der Waals surface area (Å²) in [4.78, 5) is 0.124. The van der Waals surface area contributed by atoms with Gasteiger partial charge in [-0.2, -0.15) is 0 Å². The standard InChI is InChI=1S/C16H23NO4S/c1-4-6-12-21-15-7-9-16(10-8-15)22(19,20)17(11-5-2)14(3)13-18/h7-10,14,18H,4,6,12-13H2,1-3H3/t14-/m1/s1. The molecule has 1 atom stereocenters. The predicted molar refractivity (Wildman–Crippen MR) is 85.9 cm³/mol. The molecule has 0 aromatic heterocycles. The smallest absolute Gasteiger partial charge is 0.271 e. The van der Waals surface area contributed by atoms with Crippen LogP contribution in [0, 0.1) is 12.0 Å². The van der Waals surface area contributed by atoms with Crippen molar-refractivity contribution in [3.8, 4) is 17.7 Å². The van der Waals surface area contributed by atoms with Gasteiger partial charge in [0.05, 0.1) is 24.2 Å². The zero-order chi connectivity index (χ0) is 16.6. The molecule has 0 heterocycles. The fourth-order valence-electron chi connectivity index (χ4n) is 1.75. The molecule has 0 radical (unpaired) electrons. The number of hydrogen-bond acceptors (Lipinski definition) is 4. The molecule has 5 nitrogen and oxygen atoms in total. The van der Waals surface area contributed by atoms with E-state index in [2.05, 4.69) is 18.9 Å². The van der Waals surface area contributed by atoms with Crippen molar-refractivity contribution in [2.24, 2.45) is 0 Å². The molecule has 0 spiro atoms. The van der Waals surface area contributed by atoms with Gasteiger partial charge in [0.15, 0.2) is 0 Å². The first-order chi connectivity index (χ1) is 10.5. The zero-order valence-electron chi connectivity index (χ0n) is 13.2. The molecule has 0 amide bonds. The molecule has 122 valence electrons. The summed E-state index contributed by atoms with van der Waals surface area (Å²) in [6.07, 6.45) is 1.99. The van der Waals surface area contributed by atoms with Crippen molar-refractivity contribution < 1.29 is 18.3 Å². The lowest BCUT2D eigenvalue weighted by molar-refractivity contribution is 0.227. The van der Waals surface area contributed by atoms with Crippen LogP contribution >= 0.6 is 0 Å². The Hall–Kier alpha value is -1.71. The fourth-order valence-corrected chi connectivity index (χ4v) is 3.21. The number of rotatable bonds is 8. The van der Waals surface area contributed by atoms with Crippen LogP contribution < -0.4 is 4.74 Å². The van der Waals surface area contributed by atoms with Gasteiger partial charge in [-0.3, -0.25) is 0 Å². The second-order valence-corrected chi connectivity index (χ2v) is 6.68. The van der Waals surface area contributed by atoms with E-state index < -0.39 is 16.1 Å². The molecule has 0 saturated heterocycles. The van der Waals surface area contributed by atoms with Crippen LogP contribution in [0.4, 0.5) is 0 Å². The van der Waals surface area contributed by atoms with E-state index in [-0.39, 0.29) is 11.5 Å². The number of aliphatic hydroxyl groups is 1. The fraction of sp³-hybridized carbons (Fsp3) is 0.500. The first-order valence-electron chi connectivity index (χ1n) is 7.27. The summed E-state index contributed by atoms with van der Waals surface area (Å²) in [5, 5.41) is 9.21. The van der Waals surface area contributed by atoms with E-state index in [1.54, 1.807) is 26.0 Å². The van der Waals surface area contributed by atoms with Gasteiger partial charge in [0.1, 0.15) is 5.75 Å². The minimum atomic E-state index is -3.77. The van der Waals surface area contributed by atoms with Gasteiger partial charge in [0.2, 0.25) is 0 Å². The molecular formula is C16H23NO4S. The SMILES string of the molecule is CC#CN([C@H](C)CO)S(=O)(=O)c1ccc(OCCCC)cc1. The van der Waals surface area contributed by atoms with Crippen molar-refractivity contribution in [2.45, 2.75) is 44.6 Å². The first kappa shape index (κ1) is 18.3. The summed E-state index contributed by atoms with van der Waals surface area (Å²) in [6.45, 7) is 5.54. The molecule has 1 aromatic carbocycles. The average Bonchev–Trinajstić information content (AvgIpc) is 2.52. The maximum absolute atomic E-state index is 12.6. The van der Waals surface area contributed by atoms with Crippen molar-refractivity contribution in [1.82, 2.24) is 4.31 Å². The largest absolute Gasteiger partial charge is 0.494 e. The van der Waals surface area contributed by atoms with Crippen LogP contribution in [-0.4, -0.2) is 37.1 Å². The number of sulfonamides is 1. The molecule has 22 heavy (non-hydrogen) atoms. The van der Waals surface area contributed by atoms with E-state index in [0.29, 0.717) is 12.4 Å². The number of ether oxygens (including phenoxy) is 1. The summed E-state index contributed by atoms with van der Waals surface area (Å²) < 4.78 is 31.6. The van der Waals surface area contributed by atoms with Crippen LogP contribution in [0.3, 0.4) is 0 Å². The summed E-state index contributed by atoms with van der Waals surface area (Å²) in [6, 6.07) is 8.16. The molecule has 1 rings (SSSR count). The number of hydrogen-bond donors (Lipinski definition) is 1. The Labute approximate surface area is 133 Å². The van der Waals surface area contributed by atoms with Gasteiger partial charge in [0.25, 0.3) is 10.0 Å². The summed E-state index contributed by atoms with van der Waals surface area (Å²) >= 11 is 0. The second-order valence-electron chi connectivity index (χ2n) is 4.87. The highest BCUT2D eigenvalue weighted by molar-refractivity contribution is 7.89. The van der Waals surface area contributed by atoms with Gasteiger partial charge < -0.3 is 9.84 Å². The van der Waals surface area contributed by atoms with Crippen molar-refractivity contribution in [1.29, 1.82) is 0 Å². The van der Waals surface area contributed by atoms with E-state index in [4.69, 9.17) is 4.74 Å². The molecule has 0 saturated carbocycles. The molecular weight excluding hydrogens is 302 g/mol. The Morgan fingerprint density at radius 3 is 2.45 bits per heavy atom. The Morgan fingerprint density at radius 2 is 1.95 bits per heavy atom. The average molecular weight is 325 g/mol. The highest BCUT2D eigenvalue weighted by atomic mass is 32.2. The van der Waals surface area contributed by atoms with Crippen LogP contribution in [-0.2, 0) is 10.0 Å². The number of benzene rings is 1. The molecule has 0 aliphatic rings. The summed E-state index contributed by atoms with van der Waals surface area (Å²) in [5.41, 5.74) is 0. The van der Waals surface area contributed by atoms with Crippen LogP contribution in [0.5, 0.6) is 5.75 Å². The van der Waals surface area contributed by atoms with E-state index in [1.807, 2.05) is 0 Å². The van der Waals surface area contributed by atoms with E-state index >= 15 is 0 Å². The zero-order valence-corrected chi connectivity index (χ0v) is 14.1. The van der Waals surface area contributed by atoms with E-state index in [1.165, 1.54) is 12.1 Å². The number of unbranched alkanes of at least 4 members (excludes halogenated alkanes) is 1. The molecule has 1 aromatic rings. The van der Waals surface area contributed by atoms with E-state index in [0.717, 1.165) is 17.1 Å². The second kappa shape index (κ2) is 8.66. The van der Waals surface area contributed by atoms with Crippen molar-refractivity contribution >= 4 is 10.0 Å². The lowest BCUT2D eigenvalue weighted by Crippen LogP contribution is -2.37. The van der Waals surface area contributed by atoms with Gasteiger partial charge in [0, 0.05) is 6.04 Å².